The van der Waals surface area contributed by atoms with Crippen LogP contribution in [0, 0.1) is 6.92 Å². The average Bonchev–Trinajstić information content (AvgIpc) is 3.09. The zero-order chi connectivity index (χ0) is 22.8. The smallest absolute Gasteiger partial charge is 0.264 e. The summed E-state index contributed by atoms with van der Waals surface area (Å²) in [6.07, 6.45) is 0. The largest absolute Gasteiger partial charge is 0.365 e. The van der Waals surface area contributed by atoms with Crippen LogP contribution in [0.3, 0.4) is 0 Å². The van der Waals surface area contributed by atoms with Gasteiger partial charge in [-0.05, 0) is 36.8 Å². The predicted octanol–water partition coefficient (Wildman–Crippen LogP) is 3.26. The molecule has 8 nitrogen and oxygen atoms in total. The summed E-state index contributed by atoms with van der Waals surface area (Å²) < 4.78 is 25.3. The molecule has 0 saturated carbocycles. The second kappa shape index (κ2) is 8.98. The SMILES string of the molecule is CON(C)S(=O)(=O)c1ccc(C(=O)Nc2sc(C)c(-c3ccccc3)c2C(N)=O)cc1. The van der Waals surface area contributed by atoms with Gasteiger partial charge in [-0.15, -0.1) is 11.3 Å². The van der Waals surface area contributed by atoms with Crippen LogP contribution in [-0.2, 0) is 14.9 Å². The Hall–Kier alpha value is -3.05. The van der Waals surface area contributed by atoms with Gasteiger partial charge in [-0.3, -0.25) is 14.4 Å². The lowest BCUT2D eigenvalue weighted by atomic mass is 10.0. The molecule has 3 rings (SSSR count). The number of nitrogens with two attached hydrogens (primary N) is 1. The van der Waals surface area contributed by atoms with E-state index in [0.717, 1.165) is 14.9 Å². The Bertz CT molecular complexity index is 1220. The van der Waals surface area contributed by atoms with Crippen molar-refractivity contribution in [1.82, 2.24) is 4.47 Å². The minimum absolute atomic E-state index is 0.0236. The van der Waals surface area contributed by atoms with Gasteiger partial charge in [0.1, 0.15) is 5.00 Å². The molecule has 0 atom stereocenters. The number of thiophene rings is 1. The second-order valence-electron chi connectivity index (χ2n) is 6.54. The third-order valence-corrected chi connectivity index (χ3v) is 7.34. The lowest BCUT2D eigenvalue weighted by molar-refractivity contribution is -0.0258. The summed E-state index contributed by atoms with van der Waals surface area (Å²) in [6, 6.07) is 14.7. The van der Waals surface area contributed by atoms with Crippen LogP contribution in [0.15, 0.2) is 59.5 Å². The van der Waals surface area contributed by atoms with Crippen molar-refractivity contribution in [3.63, 3.8) is 0 Å². The maximum Gasteiger partial charge on any atom is 0.264 e. The lowest BCUT2D eigenvalue weighted by Gasteiger charge is -2.14. The Labute approximate surface area is 184 Å². The third-order valence-electron chi connectivity index (χ3n) is 4.63. The number of carbonyl (C=O) groups excluding carboxylic acids is 2. The number of hydroxylamine groups is 1. The molecule has 3 N–H and O–H groups in total. The molecule has 0 fully saturated rings. The van der Waals surface area contributed by atoms with Gasteiger partial charge >= 0.3 is 0 Å². The van der Waals surface area contributed by atoms with Crippen LogP contribution in [0.1, 0.15) is 25.6 Å². The first-order chi connectivity index (χ1) is 14.7. The van der Waals surface area contributed by atoms with Gasteiger partial charge in [0.05, 0.1) is 17.6 Å². The van der Waals surface area contributed by atoms with Crippen LogP contribution >= 0.6 is 11.3 Å². The van der Waals surface area contributed by atoms with Gasteiger partial charge in [-0.1, -0.05) is 34.8 Å². The van der Waals surface area contributed by atoms with E-state index in [4.69, 9.17) is 10.6 Å². The van der Waals surface area contributed by atoms with Crippen LogP contribution in [0.4, 0.5) is 5.00 Å². The molecule has 0 bridgehead atoms. The van der Waals surface area contributed by atoms with Gasteiger partial charge in [0.2, 0.25) is 0 Å². The Morgan fingerprint density at radius 3 is 2.23 bits per heavy atom. The lowest BCUT2D eigenvalue weighted by Crippen LogP contribution is -2.25. The van der Waals surface area contributed by atoms with E-state index in [1.54, 1.807) is 0 Å². The molecule has 0 aliphatic rings. The minimum Gasteiger partial charge on any atom is -0.365 e. The number of anilines is 1. The molecule has 0 aliphatic carbocycles. The Morgan fingerprint density at radius 1 is 1.06 bits per heavy atom. The first-order valence-corrected chi connectivity index (χ1v) is 11.4. The molecule has 2 aromatic carbocycles. The van der Waals surface area contributed by atoms with Crippen molar-refractivity contribution < 1.29 is 22.8 Å². The van der Waals surface area contributed by atoms with Gasteiger partial charge < -0.3 is 11.1 Å². The summed E-state index contributed by atoms with van der Waals surface area (Å²) in [5.41, 5.74) is 7.59. The molecule has 10 heteroatoms. The number of rotatable bonds is 7. The molecule has 31 heavy (non-hydrogen) atoms. The molecular formula is C21H21N3O5S2. The number of nitrogens with one attached hydrogen (secondary N) is 1. The Morgan fingerprint density at radius 2 is 1.68 bits per heavy atom. The summed E-state index contributed by atoms with van der Waals surface area (Å²) in [5.74, 6) is -1.14. The van der Waals surface area contributed by atoms with E-state index in [0.29, 0.717) is 10.6 Å². The Balaban J connectivity index is 1.92. The molecule has 0 saturated heterocycles. The quantitative estimate of drug-likeness (QED) is 0.526. The molecule has 1 aromatic heterocycles. The zero-order valence-electron chi connectivity index (χ0n) is 17.1. The number of aryl methyl sites for hydroxylation is 1. The molecule has 0 unspecified atom stereocenters. The van der Waals surface area contributed by atoms with E-state index < -0.39 is 21.8 Å². The van der Waals surface area contributed by atoms with E-state index >= 15 is 0 Å². The molecule has 1 heterocycles. The fourth-order valence-electron chi connectivity index (χ4n) is 3.02. The fraction of sp³-hybridized carbons (Fsp3) is 0.143. The summed E-state index contributed by atoms with van der Waals surface area (Å²) in [6.45, 7) is 1.85. The van der Waals surface area contributed by atoms with Crippen LogP contribution in [0.5, 0.6) is 0 Å². The number of hydrogen-bond donors (Lipinski definition) is 2. The average molecular weight is 460 g/mol. The predicted molar refractivity (Wildman–Crippen MR) is 119 cm³/mol. The Kier molecular flexibility index (Phi) is 6.56. The standard InChI is InChI=1S/C21H21N3O5S2/c1-13-17(14-7-5-4-6-8-14)18(19(22)25)21(30-13)23-20(26)15-9-11-16(12-10-15)31(27,28)24(2)29-3/h4-12H,1-3H3,(H2,22,25)(H,23,26). The van der Waals surface area contributed by atoms with Crippen molar-refractivity contribution >= 4 is 38.2 Å². The molecule has 0 radical (unpaired) electrons. The number of carbonyl (C=O) groups is 2. The van der Waals surface area contributed by atoms with Gasteiger partial charge in [0.15, 0.2) is 0 Å². The van der Waals surface area contributed by atoms with Crippen molar-refractivity contribution in [3.05, 3.63) is 70.6 Å². The first-order valence-electron chi connectivity index (χ1n) is 9.10. The van der Waals surface area contributed by atoms with E-state index in [9.17, 15) is 18.0 Å². The van der Waals surface area contributed by atoms with E-state index in [1.165, 1.54) is 49.8 Å². The zero-order valence-corrected chi connectivity index (χ0v) is 18.7. The minimum atomic E-state index is -3.82. The summed E-state index contributed by atoms with van der Waals surface area (Å²) in [5, 5.41) is 3.06. The summed E-state index contributed by atoms with van der Waals surface area (Å²) >= 11 is 1.25. The molecule has 162 valence electrons. The van der Waals surface area contributed by atoms with Crippen LogP contribution < -0.4 is 11.1 Å². The second-order valence-corrected chi connectivity index (χ2v) is 9.70. The summed E-state index contributed by atoms with van der Waals surface area (Å²) in [4.78, 5) is 30.5. The molecule has 2 amide bonds. The molecule has 0 aliphatic heterocycles. The topological polar surface area (TPSA) is 119 Å². The third kappa shape index (κ3) is 4.52. The fourth-order valence-corrected chi connectivity index (χ4v) is 5.07. The van der Waals surface area contributed by atoms with E-state index in [-0.39, 0.29) is 16.0 Å². The summed E-state index contributed by atoms with van der Waals surface area (Å²) in [7, 11) is -1.31. The van der Waals surface area contributed by atoms with Gasteiger partial charge in [-0.25, -0.2) is 8.42 Å². The van der Waals surface area contributed by atoms with Crippen molar-refractivity contribution in [3.8, 4) is 11.1 Å². The maximum absolute atomic E-state index is 12.8. The number of amides is 2. The normalized spacial score (nSPS) is 11.5. The van der Waals surface area contributed by atoms with Crippen molar-refractivity contribution in [1.29, 1.82) is 0 Å². The molecule has 3 aromatic rings. The van der Waals surface area contributed by atoms with Crippen molar-refractivity contribution in [2.45, 2.75) is 11.8 Å². The molecular weight excluding hydrogens is 438 g/mol. The van der Waals surface area contributed by atoms with Gasteiger partial charge in [0, 0.05) is 23.1 Å². The van der Waals surface area contributed by atoms with Crippen molar-refractivity contribution in [2.75, 3.05) is 19.5 Å². The highest BCUT2D eigenvalue weighted by atomic mass is 32.2. The number of primary amides is 1. The number of hydrogen-bond acceptors (Lipinski definition) is 6. The first kappa shape index (κ1) is 22.6. The van der Waals surface area contributed by atoms with Crippen LogP contribution in [0.25, 0.3) is 11.1 Å². The van der Waals surface area contributed by atoms with E-state index in [2.05, 4.69) is 5.32 Å². The van der Waals surface area contributed by atoms with Gasteiger partial charge in [-0.2, -0.15) is 0 Å². The van der Waals surface area contributed by atoms with Crippen LogP contribution in [-0.4, -0.2) is 38.9 Å². The van der Waals surface area contributed by atoms with Gasteiger partial charge in [0.25, 0.3) is 21.8 Å². The highest BCUT2D eigenvalue weighted by Gasteiger charge is 2.24. The van der Waals surface area contributed by atoms with Crippen molar-refractivity contribution in [2.24, 2.45) is 5.73 Å². The maximum atomic E-state index is 12.8. The number of nitrogens with zero attached hydrogens (tertiary/aromatic N) is 1. The monoisotopic (exact) mass is 459 g/mol. The van der Waals surface area contributed by atoms with E-state index in [1.807, 2.05) is 37.3 Å². The highest BCUT2D eigenvalue weighted by Crippen LogP contribution is 2.39. The molecule has 0 spiro atoms. The van der Waals surface area contributed by atoms with Crippen LogP contribution in [0.2, 0.25) is 0 Å². The highest BCUT2D eigenvalue weighted by molar-refractivity contribution is 7.89. The number of benzene rings is 2. The number of sulfonamides is 1.